The molecule has 17 heavy (non-hydrogen) atoms. The molecule has 7 heteroatoms. The van der Waals surface area contributed by atoms with Crippen LogP contribution < -0.4 is 0 Å². The number of hydrogen-bond donors (Lipinski definition) is 1. The number of aliphatic hydroxyl groups excluding tert-OH is 1. The summed E-state index contributed by atoms with van der Waals surface area (Å²) in [5.41, 5.74) is 0. The van der Waals surface area contributed by atoms with E-state index in [1.807, 2.05) is 0 Å². The lowest BCUT2D eigenvalue weighted by Crippen LogP contribution is -2.46. The van der Waals surface area contributed by atoms with E-state index in [-0.39, 0.29) is 6.42 Å². The van der Waals surface area contributed by atoms with Crippen molar-refractivity contribution in [2.75, 3.05) is 13.2 Å². The largest absolute Gasteiger partial charge is 0.456 e. The molecule has 0 bridgehead atoms. The van der Waals surface area contributed by atoms with E-state index in [4.69, 9.17) is 9.84 Å². The summed E-state index contributed by atoms with van der Waals surface area (Å²) in [6, 6.07) is 0. The smallest absolute Gasteiger partial charge is 0.386 e. The highest BCUT2D eigenvalue weighted by atomic mass is 19.4. The highest BCUT2D eigenvalue weighted by Crippen LogP contribution is 2.39. The molecule has 0 amide bonds. The highest BCUT2D eigenvalue weighted by Gasteiger charge is 2.61. The van der Waals surface area contributed by atoms with Gasteiger partial charge in [-0.3, -0.25) is 0 Å². The van der Waals surface area contributed by atoms with Gasteiger partial charge in [0.05, 0.1) is 0 Å². The Bertz CT molecular complexity index is 205. The molecule has 0 aliphatic carbocycles. The van der Waals surface area contributed by atoms with Crippen molar-refractivity contribution in [1.82, 2.24) is 0 Å². The van der Waals surface area contributed by atoms with Gasteiger partial charge in [-0.25, -0.2) is 0 Å². The average Bonchev–Trinajstić information content (AvgIpc) is 2.21. The molecular formula is C10H17F5O2. The van der Waals surface area contributed by atoms with Gasteiger partial charge in [-0.1, -0.05) is 12.8 Å². The lowest BCUT2D eigenvalue weighted by atomic mass is 10.0. The van der Waals surface area contributed by atoms with Gasteiger partial charge in [-0.15, -0.1) is 0 Å². The fraction of sp³-hybridized carbons (Fsp3) is 1.00. The quantitative estimate of drug-likeness (QED) is 0.539. The second kappa shape index (κ2) is 7.10. The Morgan fingerprint density at radius 2 is 1.65 bits per heavy atom. The molecule has 0 rings (SSSR count). The van der Waals surface area contributed by atoms with Gasteiger partial charge in [0.1, 0.15) is 6.10 Å². The summed E-state index contributed by atoms with van der Waals surface area (Å²) in [7, 11) is 0. The molecule has 1 N–H and O–H groups in total. The first-order chi connectivity index (χ1) is 7.73. The minimum absolute atomic E-state index is 0.111. The first kappa shape index (κ1) is 16.6. The first-order valence-electron chi connectivity index (χ1n) is 5.43. The van der Waals surface area contributed by atoms with Gasteiger partial charge in [0.2, 0.25) is 0 Å². The predicted molar refractivity (Wildman–Crippen MR) is 52.0 cm³/mol. The normalized spacial score (nSPS) is 15.0. The van der Waals surface area contributed by atoms with Gasteiger partial charge in [-0.05, 0) is 19.8 Å². The van der Waals surface area contributed by atoms with Crippen LogP contribution in [0.2, 0.25) is 0 Å². The maximum Gasteiger partial charge on any atom is 0.456 e. The second-order valence-electron chi connectivity index (χ2n) is 3.68. The van der Waals surface area contributed by atoms with Crippen LogP contribution in [-0.2, 0) is 4.74 Å². The Balaban J connectivity index is 3.82. The highest BCUT2D eigenvalue weighted by molar-refractivity contribution is 4.83. The Hall–Kier alpha value is -0.430. The van der Waals surface area contributed by atoms with Crippen molar-refractivity contribution in [2.45, 2.75) is 50.8 Å². The van der Waals surface area contributed by atoms with Crippen LogP contribution in [-0.4, -0.2) is 36.5 Å². The SMILES string of the molecule is CCOCCCCCC(O)C(F)(F)C(F)(F)F. The summed E-state index contributed by atoms with van der Waals surface area (Å²) < 4.78 is 65.6. The standard InChI is InChI=1S/C10H17F5O2/c1-2-17-7-5-3-4-6-8(16)9(11,12)10(13,14)15/h8,16H,2-7H2,1H3. The molecule has 0 aromatic heterocycles. The van der Waals surface area contributed by atoms with Crippen LogP contribution in [0.5, 0.6) is 0 Å². The Morgan fingerprint density at radius 1 is 1.06 bits per heavy atom. The number of ether oxygens (including phenoxy) is 1. The molecule has 0 fully saturated rings. The number of alkyl halides is 5. The average molecular weight is 264 g/mol. The molecule has 0 heterocycles. The van der Waals surface area contributed by atoms with Gasteiger partial charge < -0.3 is 9.84 Å². The van der Waals surface area contributed by atoms with Gasteiger partial charge in [0.25, 0.3) is 0 Å². The summed E-state index contributed by atoms with van der Waals surface area (Å²) in [5, 5.41) is 8.81. The maximum absolute atomic E-state index is 12.6. The number of rotatable bonds is 8. The van der Waals surface area contributed by atoms with E-state index in [0.29, 0.717) is 26.1 Å². The lowest BCUT2D eigenvalue weighted by Gasteiger charge is -2.24. The molecule has 0 aromatic rings. The van der Waals surface area contributed by atoms with E-state index in [0.717, 1.165) is 0 Å². The molecule has 1 unspecified atom stereocenters. The topological polar surface area (TPSA) is 29.5 Å². The van der Waals surface area contributed by atoms with Crippen LogP contribution in [0.15, 0.2) is 0 Å². The summed E-state index contributed by atoms with van der Waals surface area (Å²) in [6.07, 6.45) is -7.80. The Morgan fingerprint density at radius 3 is 2.12 bits per heavy atom. The van der Waals surface area contributed by atoms with Crippen molar-refractivity contribution in [3.8, 4) is 0 Å². The van der Waals surface area contributed by atoms with Crippen LogP contribution in [0, 0.1) is 0 Å². The zero-order valence-electron chi connectivity index (χ0n) is 9.57. The van der Waals surface area contributed by atoms with Crippen LogP contribution in [0.1, 0.15) is 32.6 Å². The Labute approximate surface area is 96.8 Å². The third-order valence-electron chi connectivity index (χ3n) is 2.27. The number of hydrogen-bond acceptors (Lipinski definition) is 2. The number of aliphatic hydroxyl groups is 1. The second-order valence-corrected chi connectivity index (χ2v) is 3.68. The molecular weight excluding hydrogens is 247 g/mol. The van der Waals surface area contributed by atoms with Gasteiger partial charge in [0, 0.05) is 13.2 Å². The number of halogens is 5. The zero-order chi connectivity index (χ0) is 13.5. The fourth-order valence-electron chi connectivity index (χ4n) is 1.23. The predicted octanol–water partition coefficient (Wildman–Crippen LogP) is 3.14. The molecule has 0 spiro atoms. The molecule has 0 aromatic carbocycles. The minimum Gasteiger partial charge on any atom is -0.386 e. The molecule has 0 radical (unpaired) electrons. The van der Waals surface area contributed by atoms with Crippen LogP contribution in [0.25, 0.3) is 0 Å². The van der Waals surface area contributed by atoms with Crippen LogP contribution >= 0.6 is 0 Å². The van der Waals surface area contributed by atoms with Crippen molar-refractivity contribution in [1.29, 1.82) is 0 Å². The molecule has 2 nitrogen and oxygen atoms in total. The van der Waals surface area contributed by atoms with E-state index in [9.17, 15) is 22.0 Å². The van der Waals surface area contributed by atoms with E-state index in [1.54, 1.807) is 6.92 Å². The maximum atomic E-state index is 12.6. The zero-order valence-corrected chi connectivity index (χ0v) is 9.57. The van der Waals surface area contributed by atoms with Crippen molar-refractivity contribution in [3.63, 3.8) is 0 Å². The first-order valence-corrected chi connectivity index (χ1v) is 5.43. The molecule has 0 saturated heterocycles. The minimum atomic E-state index is -5.70. The van der Waals surface area contributed by atoms with Gasteiger partial charge >= 0.3 is 12.1 Å². The fourth-order valence-corrected chi connectivity index (χ4v) is 1.23. The lowest BCUT2D eigenvalue weighted by molar-refractivity contribution is -0.313. The summed E-state index contributed by atoms with van der Waals surface area (Å²) in [4.78, 5) is 0. The summed E-state index contributed by atoms with van der Waals surface area (Å²) in [6.45, 7) is 2.78. The monoisotopic (exact) mass is 264 g/mol. The molecule has 0 aliphatic heterocycles. The van der Waals surface area contributed by atoms with Crippen molar-refractivity contribution >= 4 is 0 Å². The van der Waals surface area contributed by atoms with Crippen LogP contribution in [0.4, 0.5) is 22.0 Å². The van der Waals surface area contributed by atoms with Crippen molar-refractivity contribution in [3.05, 3.63) is 0 Å². The molecule has 104 valence electrons. The van der Waals surface area contributed by atoms with E-state index in [1.165, 1.54) is 0 Å². The van der Waals surface area contributed by atoms with Crippen LogP contribution in [0.3, 0.4) is 0 Å². The molecule has 1 atom stereocenters. The van der Waals surface area contributed by atoms with Crippen molar-refractivity contribution < 1.29 is 31.8 Å². The summed E-state index contributed by atoms with van der Waals surface area (Å²) >= 11 is 0. The van der Waals surface area contributed by atoms with Crippen molar-refractivity contribution in [2.24, 2.45) is 0 Å². The number of unbranched alkanes of at least 4 members (excludes halogenated alkanes) is 2. The van der Waals surface area contributed by atoms with Gasteiger partial charge in [0.15, 0.2) is 0 Å². The molecule has 0 saturated carbocycles. The van der Waals surface area contributed by atoms with E-state index in [2.05, 4.69) is 0 Å². The summed E-state index contributed by atoms with van der Waals surface area (Å²) in [5.74, 6) is -5.03. The third-order valence-corrected chi connectivity index (χ3v) is 2.27. The molecule has 0 aliphatic rings. The van der Waals surface area contributed by atoms with E-state index < -0.39 is 24.6 Å². The third kappa shape index (κ3) is 5.63. The van der Waals surface area contributed by atoms with Gasteiger partial charge in [-0.2, -0.15) is 22.0 Å². The Kier molecular flexibility index (Phi) is 6.92. The van der Waals surface area contributed by atoms with E-state index >= 15 is 0 Å².